The van der Waals surface area contributed by atoms with Crippen molar-refractivity contribution in [2.75, 3.05) is 31.2 Å². The summed E-state index contributed by atoms with van der Waals surface area (Å²) in [6.45, 7) is 2.27. The number of rotatable bonds is 2. The van der Waals surface area contributed by atoms with E-state index in [4.69, 9.17) is 5.11 Å². The molecule has 2 rings (SSSR count). The molecule has 0 aromatic rings. The second kappa shape index (κ2) is 4.07. The van der Waals surface area contributed by atoms with Crippen LogP contribution in [0.3, 0.4) is 0 Å². The first-order valence-electron chi connectivity index (χ1n) is 4.98. The third-order valence-electron chi connectivity index (χ3n) is 3.29. The lowest BCUT2D eigenvalue weighted by molar-refractivity contribution is 0.145. The van der Waals surface area contributed by atoms with E-state index in [1.165, 1.54) is 0 Å². The van der Waals surface area contributed by atoms with Crippen LogP contribution in [-0.4, -0.2) is 40.5 Å². The minimum Gasteiger partial charge on any atom is -0.396 e. The summed E-state index contributed by atoms with van der Waals surface area (Å²) in [6.07, 6.45) is 0.897. The van der Waals surface area contributed by atoms with Crippen LogP contribution in [0.4, 0.5) is 0 Å². The Kier molecular flexibility index (Phi) is 3.01. The fourth-order valence-electron chi connectivity index (χ4n) is 2.67. The lowest BCUT2D eigenvalue weighted by atomic mass is 9.78. The van der Waals surface area contributed by atoms with Crippen molar-refractivity contribution in [1.29, 1.82) is 0 Å². The molecule has 0 spiro atoms. The maximum absolute atomic E-state index is 11.4. The van der Waals surface area contributed by atoms with E-state index < -0.39 is 10.8 Å². The van der Waals surface area contributed by atoms with Crippen molar-refractivity contribution < 1.29 is 9.32 Å². The Morgan fingerprint density at radius 2 is 1.92 bits per heavy atom. The Morgan fingerprint density at radius 3 is 2.46 bits per heavy atom. The maximum Gasteiger partial charge on any atom is 0.0433 e. The van der Waals surface area contributed by atoms with Crippen molar-refractivity contribution in [1.82, 2.24) is 5.32 Å². The van der Waals surface area contributed by atoms with Gasteiger partial charge in [-0.1, -0.05) is 0 Å². The van der Waals surface area contributed by atoms with Crippen LogP contribution in [0.1, 0.15) is 6.42 Å². The first-order valence-corrected chi connectivity index (χ1v) is 6.46. The number of fused-ring (bicyclic) bond motifs is 2. The number of hydrogen-bond acceptors (Lipinski definition) is 3. The van der Waals surface area contributed by atoms with E-state index in [9.17, 15) is 4.21 Å². The summed E-state index contributed by atoms with van der Waals surface area (Å²) in [5.74, 6) is 3.38. The van der Waals surface area contributed by atoms with E-state index in [-0.39, 0.29) is 6.61 Å². The largest absolute Gasteiger partial charge is 0.396 e. The van der Waals surface area contributed by atoms with Crippen molar-refractivity contribution in [2.24, 2.45) is 17.8 Å². The summed E-state index contributed by atoms with van der Waals surface area (Å²) < 4.78 is 11.4. The topological polar surface area (TPSA) is 49.3 Å². The molecule has 76 valence electrons. The highest BCUT2D eigenvalue weighted by Crippen LogP contribution is 2.33. The molecule has 3 nitrogen and oxygen atoms in total. The summed E-state index contributed by atoms with van der Waals surface area (Å²) in [6, 6.07) is 0. The van der Waals surface area contributed by atoms with E-state index in [1.54, 1.807) is 0 Å². The predicted molar refractivity (Wildman–Crippen MR) is 52.9 cm³/mol. The summed E-state index contributed by atoms with van der Waals surface area (Å²) in [5.41, 5.74) is 0. The molecule has 0 radical (unpaired) electrons. The highest BCUT2D eigenvalue weighted by molar-refractivity contribution is 7.85. The minimum absolute atomic E-state index is 0.282. The smallest absolute Gasteiger partial charge is 0.0433 e. The van der Waals surface area contributed by atoms with Crippen LogP contribution in [0.5, 0.6) is 0 Å². The molecule has 0 amide bonds. The average Bonchev–Trinajstić information content (AvgIpc) is 2.07. The van der Waals surface area contributed by atoms with Crippen LogP contribution in [0.2, 0.25) is 0 Å². The quantitative estimate of drug-likeness (QED) is 0.641. The van der Waals surface area contributed by atoms with E-state index in [2.05, 4.69) is 5.32 Å². The molecule has 2 atom stereocenters. The summed E-state index contributed by atoms with van der Waals surface area (Å²) >= 11 is 0. The van der Waals surface area contributed by atoms with E-state index in [0.717, 1.165) is 31.0 Å². The van der Waals surface area contributed by atoms with Gasteiger partial charge in [-0.15, -0.1) is 0 Å². The first kappa shape index (κ1) is 9.62. The van der Waals surface area contributed by atoms with E-state index in [1.807, 2.05) is 0 Å². The molecule has 2 heterocycles. The lowest BCUT2D eigenvalue weighted by Gasteiger charge is -2.42. The Labute approximate surface area is 81.4 Å². The molecule has 2 fully saturated rings. The van der Waals surface area contributed by atoms with Crippen LogP contribution in [0.25, 0.3) is 0 Å². The van der Waals surface area contributed by atoms with Gasteiger partial charge in [0.1, 0.15) is 0 Å². The van der Waals surface area contributed by atoms with Crippen LogP contribution in [0.15, 0.2) is 0 Å². The second-order valence-corrected chi connectivity index (χ2v) is 5.67. The fraction of sp³-hybridized carbons (Fsp3) is 1.00. The summed E-state index contributed by atoms with van der Waals surface area (Å²) in [4.78, 5) is 0. The molecule has 2 N–H and O–H groups in total. The number of piperidine rings is 1. The van der Waals surface area contributed by atoms with E-state index >= 15 is 0 Å². The third-order valence-corrected chi connectivity index (χ3v) is 4.89. The molecular weight excluding hydrogens is 186 g/mol. The van der Waals surface area contributed by atoms with Crippen molar-refractivity contribution in [3.63, 3.8) is 0 Å². The highest BCUT2D eigenvalue weighted by Gasteiger charge is 2.38. The van der Waals surface area contributed by atoms with Crippen molar-refractivity contribution in [3.05, 3.63) is 0 Å². The Balaban J connectivity index is 2.05. The molecule has 0 saturated carbocycles. The Hall–Kier alpha value is 0.0700. The molecule has 0 aliphatic carbocycles. The Morgan fingerprint density at radius 1 is 1.31 bits per heavy atom. The van der Waals surface area contributed by atoms with E-state index in [0.29, 0.717) is 17.8 Å². The molecule has 0 aromatic heterocycles. The van der Waals surface area contributed by atoms with Gasteiger partial charge in [-0.25, -0.2) is 0 Å². The van der Waals surface area contributed by atoms with Crippen LogP contribution < -0.4 is 5.32 Å². The number of nitrogens with one attached hydrogen (secondary N) is 1. The molecule has 2 aliphatic rings. The summed E-state index contributed by atoms with van der Waals surface area (Å²) in [7, 11) is -0.595. The van der Waals surface area contributed by atoms with Gasteiger partial charge in [0.25, 0.3) is 0 Å². The Bertz CT molecular complexity index is 194. The van der Waals surface area contributed by atoms with Gasteiger partial charge in [0.2, 0.25) is 0 Å². The van der Waals surface area contributed by atoms with Crippen molar-refractivity contribution in [2.45, 2.75) is 6.42 Å². The lowest BCUT2D eigenvalue weighted by Crippen LogP contribution is -2.51. The maximum atomic E-state index is 11.4. The molecular formula is C9H17NO2S. The van der Waals surface area contributed by atoms with Crippen molar-refractivity contribution in [3.8, 4) is 0 Å². The zero-order chi connectivity index (χ0) is 9.26. The standard InChI is InChI=1S/C9H17NO2S/c11-2-1-9-7-3-10-4-8(9)6-13(12)5-7/h7-11H,1-6H2. The van der Waals surface area contributed by atoms with Gasteiger partial charge >= 0.3 is 0 Å². The molecule has 2 bridgehead atoms. The molecule has 4 heteroatoms. The molecule has 13 heavy (non-hydrogen) atoms. The monoisotopic (exact) mass is 203 g/mol. The molecule has 0 aromatic carbocycles. The van der Waals surface area contributed by atoms with Crippen LogP contribution >= 0.6 is 0 Å². The van der Waals surface area contributed by atoms with Gasteiger partial charge in [0, 0.05) is 28.9 Å². The molecule has 2 aliphatic heterocycles. The third kappa shape index (κ3) is 1.95. The van der Waals surface area contributed by atoms with Gasteiger partial charge in [-0.05, 0) is 37.3 Å². The minimum atomic E-state index is -0.595. The zero-order valence-electron chi connectivity index (χ0n) is 7.74. The number of aliphatic hydroxyl groups excluding tert-OH is 1. The van der Waals surface area contributed by atoms with Crippen LogP contribution in [-0.2, 0) is 10.8 Å². The van der Waals surface area contributed by atoms with Crippen LogP contribution in [0, 0.1) is 17.8 Å². The highest BCUT2D eigenvalue weighted by atomic mass is 32.2. The zero-order valence-corrected chi connectivity index (χ0v) is 8.55. The number of hydrogen-bond donors (Lipinski definition) is 2. The van der Waals surface area contributed by atoms with Gasteiger partial charge in [-0.3, -0.25) is 4.21 Å². The summed E-state index contributed by atoms with van der Waals surface area (Å²) in [5, 5.41) is 12.3. The fourth-order valence-corrected chi connectivity index (χ4v) is 4.49. The first-order chi connectivity index (χ1) is 6.31. The molecule has 2 saturated heterocycles. The van der Waals surface area contributed by atoms with Gasteiger partial charge in [-0.2, -0.15) is 0 Å². The predicted octanol–water partition coefficient (Wildman–Crippen LogP) is -0.417. The number of aliphatic hydroxyl groups is 1. The van der Waals surface area contributed by atoms with Gasteiger partial charge < -0.3 is 10.4 Å². The van der Waals surface area contributed by atoms with Gasteiger partial charge in [0.15, 0.2) is 0 Å². The van der Waals surface area contributed by atoms with Gasteiger partial charge in [0.05, 0.1) is 0 Å². The average molecular weight is 203 g/mol. The van der Waals surface area contributed by atoms with Crippen molar-refractivity contribution >= 4 is 10.8 Å². The second-order valence-electron chi connectivity index (χ2n) is 4.13. The normalized spacial score (nSPS) is 44.7. The molecule has 2 unspecified atom stereocenters. The SMILES string of the molecule is O=S1CC2CNCC(C1)C2CCO.